The average molecular weight is 240 g/mol. The van der Waals surface area contributed by atoms with Gasteiger partial charge in [0.15, 0.2) is 0 Å². The molecule has 0 aliphatic carbocycles. The van der Waals surface area contributed by atoms with E-state index < -0.39 is 24.0 Å². The lowest BCUT2D eigenvalue weighted by atomic mass is 10.2. The Balaban J connectivity index is 2.21. The van der Waals surface area contributed by atoms with Crippen molar-refractivity contribution in [1.82, 2.24) is 20.1 Å². The van der Waals surface area contributed by atoms with Gasteiger partial charge in [-0.05, 0) is 6.92 Å². The zero-order chi connectivity index (χ0) is 12.6. The molecule has 92 valence electrons. The van der Waals surface area contributed by atoms with Crippen LogP contribution < -0.4 is 0 Å². The van der Waals surface area contributed by atoms with E-state index in [9.17, 15) is 14.7 Å². The molecule has 1 aromatic heterocycles. The average Bonchev–Trinajstić information content (AvgIpc) is 2.83. The molecule has 8 heteroatoms. The van der Waals surface area contributed by atoms with Crippen molar-refractivity contribution < 1.29 is 19.8 Å². The quantitative estimate of drug-likeness (QED) is 0.595. The standard InChI is InChI=1S/C9H12N4O4/c1-4-10-7(12-11-4)8(15)13-3-5(14)2-6(13)9(16)17/h5-6,14H,2-3H2,1H3,(H,16,17)(H,10,11,12)/t5-,6+/m1/s1. The number of aliphatic hydroxyl groups is 1. The van der Waals surface area contributed by atoms with E-state index in [2.05, 4.69) is 15.2 Å². The maximum absolute atomic E-state index is 11.9. The number of aliphatic hydroxyl groups excluding tert-OH is 1. The number of hydrogen-bond acceptors (Lipinski definition) is 5. The van der Waals surface area contributed by atoms with Crippen molar-refractivity contribution in [2.45, 2.75) is 25.5 Å². The van der Waals surface area contributed by atoms with Gasteiger partial charge in [0.05, 0.1) is 6.10 Å². The molecular weight excluding hydrogens is 228 g/mol. The molecule has 1 fully saturated rings. The number of amides is 1. The molecule has 2 heterocycles. The summed E-state index contributed by atoms with van der Waals surface area (Å²) >= 11 is 0. The van der Waals surface area contributed by atoms with E-state index in [1.165, 1.54) is 0 Å². The fourth-order valence-electron chi connectivity index (χ4n) is 1.84. The molecule has 2 rings (SSSR count). The normalized spacial score (nSPS) is 24.0. The number of β-amino-alcohol motifs (C(OH)–C–C–N with tert-alkyl or cyclic N) is 1. The number of likely N-dealkylation sites (tertiary alicyclic amines) is 1. The molecule has 0 radical (unpaired) electrons. The number of H-pyrrole nitrogens is 1. The number of aromatic nitrogens is 3. The van der Waals surface area contributed by atoms with Gasteiger partial charge in [-0.15, -0.1) is 5.10 Å². The monoisotopic (exact) mass is 240 g/mol. The summed E-state index contributed by atoms with van der Waals surface area (Å²) in [6, 6.07) is -1.02. The summed E-state index contributed by atoms with van der Waals surface area (Å²) < 4.78 is 0. The summed E-state index contributed by atoms with van der Waals surface area (Å²) in [4.78, 5) is 27.8. The number of nitrogens with one attached hydrogen (secondary N) is 1. The number of aliphatic carboxylic acids is 1. The molecule has 17 heavy (non-hydrogen) atoms. The first-order valence-corrected chi connectivity index (χ1v) is 5.10. The van der Waals surface area contributed by atoms with E-state index in [0.717, 1.165) is 4.90 Å². The van der Waals surface area contributed by atoms with Gasteiger partial charge < -0.3 is 15.1 Å². The van der Waals surface area contributed by atoms with E-state index in [-0.39, 0.29) is 18.8 Å². The smallest absolute Gasteiger partial charge is 0.326 e. The van der Waals surface area contributed by atoms with E-state index in [0.29, 0.717) is 5.82 Å². The number of hydrogen-bond donors (Lipinski definition) is 3. The van der Waals surface area contributed by atoms with Crippen LogP contribution in [0, 0.1) is 6.92 Å². The Hall–Kier alpha value is -1.96. The third-order valence-corrected chi connectivity index (χ3v) is 2.61. The molecule has 0 unspecified atom stereocenters. The number of carbonyl (C=O) groups excluding carboxylic acids is 1. The van der Waals surface area contributed by atoms with Gasteiger partial charge in [0.1, 0.15) is 11.9 Å². The lowest BCUT2D eigenvalue weighted by Crippen LogP contribution is -2.41. The Morgan fingerprint density at radius 1 is 1.53 bits per heavy atom. The third kappa shape index (κ3) is 2.11. The van der Waals surface area contributed by atoms with Gasteiger partial charge >= 0.3 is 5.97 Å². The predicted molar refractivity (Wildman–Crippen MR) is 54.2 cm³/mol. The van der Waals surface area contributed by atoms with Gasteiger partial charge in [-0.3, -0.25) is 9.89 Å². The fraction of sp³-hybridized carbons (Fsp3) is 0.556. The summed E-state index contributed by atoms with van der Waals surface area (Å²) in [5.41, 5.74) is 0. The molecule has 0 saturated carbocycles. The van der Waals surface area contributed by atoms with Crippen LogP contribution in [0.1, 0.15) is 22.9 Å². The van der Waals surface area contributed by atoms with Crippen LogP contribution >= 0.6 is 0 Å². The Labute approximate surface area is 96.3 Å². The maximum atomic E-state index is 11.9. The van der Waals surface area contributed by atoms with Crippen molar-refractivity contribution in [3.05, 3.63) is 11.6 Å². The molecule has 1 aromatic rings. The highest BCUT2D eigenvalue weighted by Gasteiger charge is 2.40. The van der Waals surface area contributed by atoms with Crippen molar-refractivity contribution in [3.8, 4) is 0 Å². The van der Waals surface area contributed by atoms with Crippen LogP contribution in [-0.2, 0) is 4.79 Å². The molecule has 1 amide bonds. The van der Waals surface area contributed by atoms with Crippen molar-refractivity contribution >= 4 is 11.9 Å². The number of aryl methyl sites for hydroxylation is 1. The highest BCUT2D eigenvalue weighted by molar-refractivity contribution is 5.93. The number of aromatic amines is 1. The van der Waals surface area contributed by atoms with E-state index in [1.807, 2.05) is 0 Å². The lowest BCUT2D eigenvalue weighted by molar-refractivity contribution is -0.141. The summed E-state index contributed by atoms with van der Waals surface area (Å²) in [5, 5.41) is 24.5. The van der Waals surface area contributed by atoms with Crippen LogP contribution in [-0.4, -0.2) is 60.9 Å². The summed E-state index contributed by atoms with van der Waals surface area (Å²) in [5.74, 6) is -1.33. The minimum absolute atomic E-state index is 0.0105. The van der Waals surface area contributed by atoms with Crippen molar-refractivity contribution in [1.29, 1.82) is 0 Å². The van der Waals surface area contributed by atoms with Crippen LogP contribution in [0.4, 0.5) is 0 Å². The summed E-state index contributed by atoms with van der Waals surface area (Å²) in [7, 11) is 0. The van der Waals surface area contributed by atoms with Crippen molar-refractivity contribution in [2.75, 3.05) is 6.54 Å². The highest BCUT2D eigenvalue weighted by atomic mass is 16.4. The van der Waals surface area contributed by atoms with Gasteiger partial charge in [-0.1, -0.05) is 0 Å². The van der Waals surface area contributed by atoms with Crippen molar-refractivity contribution in [2.24, 2.45) is 0 Å². The second kappa shape index (κ2) is 4.13. The third-order valence-electron chi connectivity index (χ3n) is 2.61. The maximum Gasteiger partial charge on any atom is 0.326 e. The Bertz CT molecular complexity index is 458. The topological polar surface area (TPSA) is 119 Å². The second-order valence-electron chi connectivity index (χ2n) is 3.95. The fourth-order valence-corrected chi connectivity index (χ4v) is 1.84. The highest BCUT2D eigenvalue weighted by Crippen LogP contribution is 2.19. The largest absolute Gasteiger partial charge is 0.480 e. The van der Waals surface area contributed by atoms with Gasteiger partial charge in [-0.25, -0.2) is 9.78 Å². The molecule has 8 nitrogen and oxygen atoms in total. The van der Waals surface area contributed by atoms with E-state index in [1.54, 1.807) is 6.92 Å². The lowest BCUT2D eigenvalue weighted by Gasteiger charge is -2.19. The van der Waals surface area contributed by atoms with Crippen molar-refractivity contribution in [3.63, 3.8) is 0 Å². The van der Waals surface area contributed by atoms with Crippen LogP contribution in [0.2, 0.25) is 0 Å². The molecule has 1 aliphatic heterocycles. The predicted octanol–water partition coefficient (Wildman–Crippen LogP) is -1.23. The number of nitrogens with zero attached hydrogens (tertiary/aromatic N) is 3. The van der Waals surface area contributed by atoms with Crippen LogP contribution in [0.3, 0.4) is 0 Å². The zero-order valence-electron chi connectivity index (χ0n) is 9.12. The second-order valence-corrected chi connectivity index (χ2v) is 3.95. The molecule has 3 N–H and O–H groups in total. The first-order valence-electron chi connectivity index (χ1n) is 5.10. The Morgan fingerprint density at radius 2 is 2.24 bits per heavy atom. The van der Waals surface area contributed by atoms with E-state index in [4.69, 9.17) is 5.11 Å². The van der Waals surface area contributed by atoms with Crippen LogP contribution in [0.15, 0.2) is 0 Å². The van der Waals surface area contributed by atoms with Gasteiger partial charge in [-0.2, -0.15) is 0 Å². The Morgan fingerprint density at radius 3 is 2.76 bits per heavy atom. The van der Waals surface area contributed by atoms with Crippen LogP contribution in [0.25, 0.3) is 0 Å². The first-order chi connectivity index (χ1) is 7.99. The molecule has 0 bridgehead atoms. The van der Waals surface area contributed by atoms with Gasteiger partial charge in [0.25, 0.3) is 5.91 Å². The summed E-state index contributed by atoms with van der Waals surface area (Å²) in [6.45, 7) is 1.63. The van der Waals surface area contributed by atoms with Gasteiger partial charge in [0, 0.05) is 13.0 Å². The molecule has 2 atom stereocenters. The number of carbonyl (C=O) groups is 2. The van der Waals surface area contributed by atoms with E-state index >= 15 is 0 Å². The first kappa shape index (κ1) is 11.5. The number of rotatable bonds is 2. The summed E-state index contributed by atoms with van der Waals surface area (Å²) in [6.07, 6.45) is -0.787. The zero-order valence-corrected chi connectivity index (χ0v) is 9.12. The Kier molecular flexibility index (Phi) is 2.80. The van der Waals surface area contributed by atoms with Gasteiger partial charge in [0.2, 0.25) is 5.82 Å². The number of carboxylic acid groups (broad SMARTS) is 1. The minimum Gasteiger partial charge on any atom is -0.480 e. The SMILES string of the molecule is Cc1nc(C(=O)N2C[C@H](O)C[C@H]2C(=O)O)n[nH]1. The molecule has 0 aromatic carbocycles. The van der Waals surface area contributed by atoms with Crippen LogP contribution in [0.5, 0.6) is 0 Å². The number of carboxylic acids is 1. The molecule has 1 saturated heterocycles. The molecule has 0 spiro atoms. The minimum atomic E-state index is -1.14. The molecule has 1 aliphatic rings. The molecular formula is C9H12N4O4.